The number of nitrogens with zero attached hydrogens (tertiary/aromatic N) is 5. The average Bonchev–Trinajstić information content (AvgIpc) is 3.28. The summed E-state index contributed by atoms with van der Waals surface area (Å²) < 4.78 is 29.8. The van der Waals surface area contributed by atoms with Crippen molar-refractivity contribution in [1.82, 2.24) is 23.9 Å². The van der Waals surface area contributed by atoms with E-state index in [4.69, 9.17) is 4.98 Å². The van der Waals surface area contributed by atoms with Crippen molar-refractivity contribution >= 4 is 43.5 Å². The molecule has 1 aliphatic heterocycles. The lowest BCUT2D eigenvalue weighted by atomic mass is 9.94. The van der Waals surface area contributed by atoms with Gasteiger partial charge in [0.2, 0.25) is 10.0 Å². The molecular weight excluding hydrogens is 528 g/mol. The van der Waals surface area contributed by atoms with E-state index in [0.717, 1.165) is 32.8 Å². The highest BCUT2D eigenvalue weighted by Crippen LogP contribution is 2.31. The Kier molecular flexibility index (Phi) is 6.94. The van der Waals surface area contributed by atoms with Gasteiger partial charge >= 0.3 is 0 Å². The molecule has 3 aromatic heterocycles. The minimum Gasteiger partial charge on any atom is -0.366 e. The second kappa shape index (κ2) is 10.3. The van der Waals surface area contributed by atoms with Crippen molar-refractivity contribution in [2.45, 2.75) is 25.3 Å². The van der Waals surface area contributed by atoms with Gasteiger partial charge < -0.3 is 5.32 Å². The molecule has 5 rings (SSSR count). The molecule has 0 spiro atoms. The molecule has 1 fully saturated rings. The van der Waals surface area contributed by atoms with Crippen LogP contribution in [0.15, 0.2) is 77.0 Å². The third kappa shape index (κ3) is 5.44. The van der Waals surface area contributed by atoms with Gasteiger partial charge in [0.15, 0.2) is 5.65 Å². The lowest BCUT2D eigenvalue weighted by Crippen LogP contribution is -2.36. The number of piperidine rings is 1. The Morgan fingerprint density at radius 3 is 2.63 bits per heavy atom. The molecule has 180 valence electrons. The Balaban J connectivity index is 1.31. The summed E-state index contributed by atoms with van der Waals surface area (Å²) >= 11 is 3.55. The molecule has 0 atom stereocenters. The van der Waals surface area contributed by atoms with E-state index in [1.165, 1.54) is 5.41 Å². The van der Waals surface area contributed by atoms with E-state index in [1.807, 2.05) is 54.7 Å². The molecule has 4 heterocycles. The lowest BCUT2D eigenvalue weighted by molar-refractivity contribution is 0.320. The first kappa shape index (κ1) is 23.7. The van der Waals surface area contributed by atoms with Crippen LogP contribution < -0.4 is 5.32 Å². The summed E-state index contributed by atoms with van der Waals surface area (Å²) in [5, 5.41) is 9.19. The number of halogens is 1. The molecule has 8 nitrogen and oxygen atoms in total. The Hall–Kier alpha value is -3.08. The summed E-state index contributed by atoms with van der Waals surface area (Å²) in [7, 11) is -3.47. The first-order chi connectivity index (χ1) is 17.0. The van der Waals surface area contributed by atoms with E-state index < -0.39 is 10.0 Å². The van der Waals surface area contributed by atoms with E-state index in [2.05, 4.69) is 31.3 Å². The van der Waals surface area contributed by atoms with Gasteiger partial charge in [0.25, 0.3) is 0 Å². The molecule has 1 aromatic carbocycles. The maximum atomic E-state index is 12.9. The van der Waals surface area contributed by atoms with Gasteiger partial charge in [-0.25, -0.2) is 13.4 Å². The van der Waals surface area contributed by atoms with Crippen LogP contribution in [0.3, 0.4) is 0 Å². The zero-order chi connectivity index (χ0) is 24.3. The summed E-state index contributed by atoms with van der Waals surface area (Å²) in [5.41, 5.74) is 3.59. The van der Waals surface area contributed by atoms with Crippen molar-refractivity contribution in [2.75, 3.05) is 18.4 Å². The summed E-state index contributed by atoms with van der Waals surface area (Å²) in [6, 6.07) is 15.4. The third-order valence-corrected chi connectivity index (χ3v) is 8.23. The predicted octanol–water partition coefficient (Wildman–Crippen LogP) is 4.68. The summed E-state index contributed by atoms with van der Waals surface area (Å²) in [6.45, 7) is 1.52. The van der Waals surface area contributed by atoms with Gasteiger partial charge in [-0.3, -0.25) is 4.98 Å². The zero-order valence-electron chi connectivity index (χ0n) is 19.0. The fourth-order valence-electron chi connectivity index (χ4n) is 4.21. The van der Waals surface area contributed by atoms with E-state index in [1.54, 1.807) is 27.3 Å². The van der Waals surface area contributed by atoms with E-state index in [9.17, 15) is 8.42 Å². The standard InChI is InChI=1S/C25H25BrN6O2S/c26-22-18-29-32-24(28-17-20-7-4-11-27-16-20)15-23(30-25(22)32)21-8-12-31(13-9-21)35(33,34)14-10-19-5-2-1-3-6-19/h1-7,10-11,14-16,18,21,28H,8-9,12-13,17H2. The van der Waals surface area contributed by atoms with E-state index in [0.29, 0.717) is 32.5 Å². The van der Waals surface area contributed by atoms with Crippen molar-refractivity contribution in [2.24, 2.45) is 0 Å². The molecule has 1 N–H and O–H groups in total. The van der Waals surface area contributed by atoms with Gasteiger partial charge in [-0.05, 0) is 52.0 Å². The Morgan fingerprint density at radius 2 is 1.89 bits per heavy atom. The minimum absolute atomic E-state index is 0.158. The molecule has 0 aliphatic carbocycles. The fraction of sp³-hybridized carbons (Fsp3) is 0.240. The third-order valence-electron chi connectivity index (χ3n) is 6.11. The number of rotatable bonds is 7. The molecule has 35 heavy (non-hydrogen) atoms. The number of hydrogen-bond donors (Lipinski definition) is 1. The number of hydrogen-bond acceptors (Lipinski definition) is 6. The summed E-state index contributed by atoms with van der Waals surface area (Å²) in [6.07, 6.45) is 8.36. The van der Waals surface area contributed by atoms with Crippen LogP contribution >= 0.6 is 15.9 Å². The molecule has 0 amide bonds. The van der Waals surface area contributed by atoms with Crippen molar-refractivity contribution in [3.05, 3.63) is 93.8 Å². The van der Waals surface area contributed by atoms with Crippen LogP contribution in [0.5, 0.6) is 0 Å². The SMILES string of the molecule is O=S(=O)(C=Cc1ccccc1)N1CCC(c2cc(NCc3cccnc3)n3ncc(Br)c3n2)CC1. The highest BCUT2D eigenvalue weighted by atomic mass is 79.9. The number of nitrogens with one attached hydrogen (secondary N) is 1. The maximum Gasteiger partial charge on any atom is 0.236 e. The van der Waals surface area contributed by atoms with Crippen molar-refractivity contribution in [1.29, 1.82) is 0 Å². The van der Waals surface area contributed by atoms with Crippen LogP contribution in [0.2, 0.25) is 0 Å². The molecular formula is C25H25BrN6O2S. The molecule has 0 saturated carbocycles. The minimum atomic E-state index is -3.47. The summed E-state index contributed by atoms with van der Waals surface area (Å²) in [4.78, 5) is 9.03. The van der Waals surface area contributed by atoms with Crippen LogP contribution in [0.1, 0.15) is 35.6 Å². The molecule has 0 unspecified atom stereocenters. The normalized spacial score (nSPS) is 15.7. The molecule has 1 aliphatic rings. The number of aromatic nitrogens is 4. The van der Waals surface area contributed by atoms with Gasteiger partial charge in [0.05, 0.1) is 10.7 Å². The van der Waals surface area contributed by atoms with Gasteiger partial charge in [-0.2, -0.15) is 13.9 Å². The van der Waals surface area contributed by atoms with Crippen molar-refractivity contribution in [3.8, 4) is 0 Å². The number of pyridine rings is 1. The van der Waals surface area contributed by atoms with Gasteiger partial charge in [0, 0.05) is 55.1 Å². The number of sulfonamides is 1. The van der Waals surface area contributed by atoms with Gasteiger partial charge in [0.1, 0.15) is 5.82 Å². The van der Waals surface area contributed by atoms with Crippen LogP contribution in [-0.4, -0.2) is 45.4 Å². The predicted molar refractivity (Wildman–Crippen MR) is 140 cm³/mol. The zero-order valence-corrected chi connectivity index (χ0v) is 21.4. The van der Waals surface area contributed by atoms with E-state index in [-0.39, 0.29) is 5.92 Å². The fourth-order valence-corrected chi connectivity index (χ4v) is 5.78. The number of anilines is 1. The smallest absolute Gasteiger partial charge is 0.236 e. The van der Waals surface area contributed by atoms with E-state index >= 15 is 0 Å². The topological polar surface area (TPSA) is 92.5 Å². The molecule has 1 saturated heterocycles. The molecule has 4 aromatic rings. The van der Waals surface area contributed by atoms with Crippen LogP contribution in [0.4, 0.5) is 5.82 Å². The quantitative estimate of drug-likeness (QED) is 0.358. The second-order valence-corrected chi connectivity index (χ2v) is 11.1. The van der Waals surface area contributed by atoms with Gasteiger partial charge in [-0.1, -0.05) is 36.4 Å². The molecule has 0 bridgehead atoms. The average molecular weight is 553 g/mol. The number of benzene rings is 1. The maximum absolute atomic E-state index is 12.9. The van der Waals surface area contributed by atoms with Crippen LogP contribution in [-0.2, 0) is 16.6 Å². The van der Waals surface area contributed by atoms with Gasteiger partial charge in [-0.15, -0.1) is 0 Å². The van der Waals surface area contributed by atoms with Crippen molar-refractivity contribution < 1.29 is 8.42 Å². The van der Waals surface area contributed by atoms with Crippen LogP contribution in [0.25, 0.3) is 11.7 Å². The highest BCUT2D eigenvalue weighted by molar-refractivity contribution is 9.10. The highest BCUT2D eigenvalue weighted by Gasteiger charge is 2.28. The first-order valence-electron chi connectivity index (χ1n) is 11.4. The molecule has 0 radical (unpaired) electrons. The Morgan fingerprint density at radius 1 is 1.09 bits per heavy atom. The second-order valence-electron chi connectivity index (χ2n) is 8.44. The van der Waals surface area contributed by atoms with Crippen molar-refractivity contribution in [3.63, 3.8) is 0 Å². The Bertz CT molecular complexity index is 1430. The molecule has 10 heteroatoms. The first-order valence-corrected chi connectivity index (χ1v) is 13.7. The summed E-state index contributed by atoms with van der Waals surface area (Å²) in [5.74, 6) is 0.991. The largest absolute Gasteiger partial charge is 0.366 e. The lowest BCUT2D eigenvalue weighted by Gasteiger charge is -2.30. The van der Waals surface area contributed by atoms with Crippen LogP contribution in [0, 0.1) is 0 Å². The number of fused-ring (bicyclic) bond motifs is 1. The Labute approximate surface area is 212 Å². The monoisotopic (exact) mass is 552 g/mol.